The third-order valence-electron chi connectivity index (χ3n) is 1.46. The number of hydrogen-bond acceptors (Lipinski definition) is 1. The van der Waals surface area contributed by atoms with Gasteiger partial charge in [-0.3, -0.25) is 0 Å². The van der Waals surface area contributed by atoms with Crippen molar-refractivity contribution >= 4 is 0 Å². The van der Waals surface area contributed by atoms with Gasteiger partial charge in [0.1, 0.15) is 5.75 Å². The maximum atomic E-state index is 7.90. The van der Waals surface area contributed by atoms with Gasteiger partial charge in [-0.05, 0) is 30.0 Å². The molecule has 1 heteroatoms. The molecule has 0 aliphatic carbocycles. The van der Waals surface area contributed by atoms with E-state index in [2.05, 4.69) is 0 Å². The van der Waals surface area contributed by atoms with Gasteiger partial charge in [0.05, 0.1) is 8.48 Å². The molecule has 0 amide bonds. The molecule has 0 bridgehead atoms. The van der Waals surface area contributed by atoms with E-state index >= 15 is 0 Å². The highest BCUT2D eigenvalue weighted by atomic mass is 16.5. The van der Waals surface area contributed by atoms with Crippen LogP contribution < -0.4 is 4.74 Å². The van der Waals surface area contributed by atoms with Crippen LogP contribution in [0.5, 0.6) is 5.75 Å². The molecule has 0 heterocycles. The van der Waals surface area contributed by atoms with E-state index in [9.17, 15) is 0 Å². The number of ether oxygens (including phenoxy) is 1. The highest BCUT2D eigenvalue weighted by Crippen LogP contribution is 2.13. The average molecular weight is 167 g/mol. The molecule has 0 aliphatic heterocycles. The molecular formula is C11H16O. The quantitative estimate of drug-likeness (QED) is 0.672. The molecule has 0 aromatic heterocycles. The van der Waals surface area contributed by atoms with E-state index in [0.29, 0.717) is 11.3 Å². The second-order valence-electron chi connectivity index (χ2n) is 2.94. The van der Waals surface area contributed by atoms with Crippen LogP contribution in [0.2, 0.25) is 0 Å². The fourth-order valence-electron chi connectivity index (χ4n) is 0.938. The molecule has 1 nitrogen and oxygen atoms in total. The summed E-state index contributed by atoms with van der Waals surface area (Å²) in [4.78, 5) is 0. The van der Waals surface area contributed by atoms with Crippen molar-refractivity contribution in [3.05, 3.63) is 29.8 Å². The van der Waals surface area contributed by atoms with Crippen LogP contribution in [0.15, 0.2) is 24.2 Å². The first-order valence-corrected chi connectivity index (χ1v) is 4.04. The minimum absolute atomic E-state index is 0.157. The van der Waals surface area contributed by atoms with Gasteiger partial charge in [0, 0.05) is 2.74 Å². The average Bonchev–Trinajstić information content (AvgIpc) is 2.16. The summed E-state index contributed by atoms with van der Waals surface area (Å²) in [5, 5.41) is 0. The standard InChI is InChI=1S/C11H16O/c1-9(2)8-10-4-6-11(12-3)7-5-10/h4-7,9H,8H2,1-3H3/i4D,8D2. The third kappa shape index (κ3) is 2.57. The van der Waals surface area contributed by atoms with Crippen molar-refractivity contribution < 1.29 is 8.85 Å². The monoisotopic (exact) mass is 167 g/mol. The van der Waals surface area contributed by atoms with Gasteiger partial charge in [-0.15, -0.1) is 0 Å². The number of benzene rings is 1. The molecule has 0 spiro atoms. The van der Waals surface area contributed by atoms with Gasteiger partial charge < -0.3 is 4.74 Å². The lowest BCUT2D eigenvalue weighted by atomic mass is 10.0. The summed E-state index contributed by atoms with van der Waals surface area (Å²) in [5.41, 5.74) is 0.415. The largest absolute Gasteiger partial charge is 0.497 e. The summed E-state index contributed by atoms with van der Waals surface area (Å²) in [6, 6.07) is 5.04. The highest BCUT2D eigenvalue weighted by Gasteiger charge is 1.97. The van der Waals surface area contributed by atoms with Crippen molar-refractivity contribution in [3.8, 4) is 5.75 Å². The Morgan fingerprint density at radius 3 is 2.75 bits per heavy atom. The predicted molar refractivity (Wildman–Crippen MR) is 51.5 cm³/mol. The van der Waals surface area contributed by atoms with Crippen LogP contribution in [0.4, 0.5) is 0 Å². The van der Waals surface area contributed by atoms with Gasteiger partial charge in [0.25, 0.3) is 0 Å². The van der Waals surface area contributed by atoms with E-state index < -0.39 is 6.37 Å². The molecule has 0 atom stereocenters. The Kier molecular flexibility index (Phi) is 1.95. The molecule has 0 radical (unpaired) electrons. The molecule has 0 aliphatic rings. The summed E-state index contributed by atoms with van der Waals surface area (Å²) in [5.74, 6) is 0.429. The Hall–Kier alpha value is -0.980. The summed E-state index contributed by atoms with van der Waals surface area (Å²) >= 11 is 0. The minimum Gasteiger partial charge on any atom is -0.497 e. The zero-order chi connectivity index (χ0) is 11.6. The van der Waals surface area contributed by atoms with Crippen molar-refractivity contribution in [2.75, 3.05) is 7.11 Å². The van der Waals surface area contributed by atoms with E-state index in [-0.39, 0.29) is 12.0 Å². The summed E-state index contributed by atoms with van der Waals surface area (Å²) in [7, 11) is 1.53. The van der Waals surface area contributed by atoms with E-state index in [4.69, 9.17) is 8.85 Å². The van der Waals surface area contributed by atoms with Gasteiger partial charge >= 0.3 is 0 Å². The van der Waals surface area contributed by atoms with Crippen LogP contribution in [-0.4, -0.2) is 7.11 Å². The number of hydrogen-bond donors (Lipinski definition) is 0. The van der Waals surface area contributed by atoms with Crippen molar-refractivity contribution in [2.24, 2.45) is 5.92 Å². The molecule has 0 fully saturated rings. The summed E-state index contributed by atoms with van der Waals surface area (Å²) < 4.78 is 28.5. The zero-order valence-corrected chi connectivity index (χ0v) is 7.72. The molecule has 0 saturated carbocycles. The SMILES string of the molecule is [2H]c1cc(OC)ccc1C([2H])([2H])C(C)C. The normalized spacial score (nSPS) is 15.2. The maximum Gasteiger partial charge on any atom is 0.118 e. The Labute approximate surface area is 78.6 Å². The third-order valence-corrected chi connectivity index (χ3v) is 1.46. The Morgan fingerprint density at radius 2 is 2.25 bits per heavy atom. The van der Waals surface area contributed by atoms with Crippen LogP contribution in [0.25, 0.3) is 0 Å². The Morgan fingerprint density at radius 1 is 1.50 bits per heavy atom. The molecule has 0 unspecified atom stereocenters. The van der Waals surface area contributed by atoms with Crippen LogP contribution in [0.3, 0.4) is 0 Å². The molecule has 1 aromatic carbocycles. The smallest absolute Gasteiger partial charge is 0.118 e. The number of rotatable bonds is 3. The molecular weight excluding hydrogens is 148 g/mol. The van der Waals surface area contributed by atoms with Crippen molar-refractivity contribution in [1.82, 2.24) is 0 Å². The van der Waals surface area contributed by atoms with Gasteiger partial charge in [0.2, 0.25) is 0 Å². The molecule has 12 heavy (non-hydrogen) atoms. The van der Waals surface area contributed by atoms with Gasteiger partial charge in [-0.1, -0.05) is 26.0 Å². The first-order valence-electron chi connectivity index (χ1n) is 5.54. The maximum absolute atomic E-state index is 7.90. The topological polar surface area (TPSA) is 9.23 Å². The molecule has 66 valence electrons. The molecule has 1 rings (SSSR count). The molecule has 0 N–H and O–H groups in total. The first kappa shape index (κ1) is 5.63. The minimum atomic E-state index is -1.47. The van der Waals surface area contributed by atoms with Crippen LogP contribution in [-0.2, 0) is 6.37 Å². The second kappa shape index (κ2) is 4.15. The zero-order valence-electron chi connectivity index (χ0n) is 10.7. The van der Waals surface area contributed by atoms with Gasteiger partial charge in [-0.25, -0.2) is 0 Å². The summed E-state index contributed by atoms with van der Waals surface area (Å²) in [6.45, 7) is 3.62. The second-order valence-corrected chi connectivity index (χ2v) is 2.94. The van der Waals surface area contributed by atoms with Crippen molar-refractivity contribution in [2.45, 2.75) is 20.2 Å². The van der Waals surface area contributed by atoms with E-state index in [0.717, 1.165) is 0 Å². The van der Waals surface area contributed by atoms with E-state index in [1.54, 1.807) is 12.1 Å². The van der Waals surface area contributed by atoms with Crippen LogP contribution in [0.1, 0.15) is 23.5 Å². The molecule has 1 aromatic rings. The highest BCUT2D eigenvalue weighted by molar-refractivity contribution is 5.27. The number of methoxy groups -OCH3 is 1. The van der Waals surface area contributed by atoms with Crippen molar-refractivity contribution in [3.63, 3.8) is 0 Å². The summed E-state index contributed by atoms with van der Waals surface area (Å²) in [6.07, 6.45) is -1.47. The van der Waals surface area contributed by atoms with Crippen LogP contribution >= 0.6 is 0 Å². The fraction of sp³-hybridized carbons (Fsp3) is 0.455. The fourth-order valence-corrected chi connectivity index (χ4v) is 0.938. The lowest BCUT2D eigenvalue weighted by Crippen LogP contribution is -1.93. The van der Waals surface area contributed by atoms with Gasteiger partial charge in [-0.2, -0.15) is 0 Å². The van der Waals surface area contributed by atoms with Crippen LogP contribution in [0, 0.1) is 5.92 Å². The van der Waals surface area contributed by atoms with Crippen molar-refractivity contribution in [1.29, 1.82) is 0 Å². The lowest BCUT2D eigenvalue weighted by molar-refractivity contribution is 0.414. The first-order chi connectivity index (χ1) is 6.89. The Balaban J connectivity index is 3.16. The van der Waals surface area contributed by atoms with Gasteiger partial charge in [0.15, 0.2) is 0 Å². The van der Waals surface area contributed by atoms with E-state index in [1.165, 1.54) is 13.2 Å². The Bertz CT molecular complexity index is 348. The molecule has 0 saturated heterocycles. The lowest BCUT2D eigenvalue weighted by Gasteiger charge is -2.05. The predicted octanol–water partition coefficient (Wildman–Crippen LogP) is 2.89. The van der Waals surface area contributed by atoms with E-state index in [1.807, 2.05) is 13.8 Å².